The molecule has 25 heavy (non-hydrogen) atoms. The molecule has 134 valence electrons. The van der Waals surface area contributed by atoms with Gasteiger partial charge in [0.05, 0.1) is 5.69 Å². The molecule has 1 atom stereocenters. The van der Waals surface area contributed by atoms with E-state index in [0.29, 0.717) is 11.3 Å². The van der Waals surface area contributed by atoms with Gasteiger partial charge in [0.1, 0.15) is 0 Å². The molecule has 0 aliphatic carbocycles. The number of amides is 1. The Hall–Kier alpha value is -2.77. The lowest BCUT2D eigenvalue weighted by Gasteiger charge is -2.23. The van der Waals surface area contributed by atoms with Gasteiger partial charge in [-0.1, -0.05) is 0 Å². The lowest BCUT2D eigenvalue weighted by atomic mass is 10.1. The van der Waals surface area contributed by atoms with Gasteiger partial charge in [0.2, 0.25) is 5.95 Å². The van der Waals surface area contributed by atoms with Crippen LogP contribution in [0.1, 0.15) is 35.6 Å². The lowest BCUT2D eigenvalue weighted by Crippen LogP contribution is -2.43. The van der Waals surface area contributed by atoms with E-state index in [-0.39, 0.29) is 5.95 Å². The summed E-state index contributed by atoms with van der Waals surface area (Å²) in [6.45, 7) is 8.28. The maximum absolute atomic E-state index is 12.9. The smallest absolute Gasteiger partial charge is 0.259 e. The third kappa shape index (κ3) is 3.24. The Morgan fingerprint density at radius 3 is 2.20 bits per heavy atom. The maximum atomic E-state index is 12.9. The molecule has 2 aromatic heterocycles. The first kappa shape index (κ1) is 18.6. The van der Waals surface area contributed by atoms with E-state index in [4.69, 9.17) is 0 Å². The molecule has 8 heteroatoms. The molecule has 0 aliphatic rings. The van der Waals surface area contributed by atoms with Gasteiger partial charge in [-0.15, -0.1) is 0 Å². The number of hydrogen-bond donors (Lipinski definition) is 0. The molecule has 2 aromatic rings. The van der Waals surface area contributed by atoms with Crippen molar-refractivity contribution >= 4 is 11.7 Å². The number of aromatic nitrogens is 4. The Morgan fingerprint density at radius 1 is 1.16 bits per heavy atom. The highest BCUT2D eigenvalue weighted by atomic mass is 16.2. The van der Waals surface area contributed by atoms with Crippen LogP contribution < -0.4 is 5.56 Å². The number of carbonyl (C=O) groups excluding carboxylic acids is 2. The van der Waals surface area contributed by atoms with Gasteiger partial charge in [0.25, 0.3) is 11.5 Å². The Morgan fingerprint density at radius 2 is 1.76 bits per heavy atom. The summed E-state index contributed by atoms with van der Waals surface area (Å²) in [5.74, 6) is -0.759. The van der Waals surface area contributed by atoms with Gasteiger partial charge < -0.3 is 4.90 Å². The van der Waals surface area contributed by atoms with Crippen molar-refractivity contribution in [2.24, 2.45) is 0 Å². The van der Waals surface area contributed by atoms with E-state index in [9.17, 15) is 14.4 Å². The van der Waals surface area contributed by atoms with Crippen LogP contribution in [0.4, 0.5) is 0 Å². The molecule has 0 N–H and O–H groups in total. The molecule has 0 saturated carbocycles. The number of nitrogens with zero attached hydrogens (tertiary/aromatic N) is 5. The van der Waals surface area contributed by atoms with Crippen molar-refractivity contribution in [3.63, 3.8) is 0 Å². The van der Waals surface area contributed by atoms with Crippen LogP contribution >= 0.6 is 0 Å². The van der Waals surface area contributed by atoms with Gasteiger partial charge in [-0.3, -0.25) is 19.0 Å². The standard InChI is InChI=1S/C17H23N5O3/c1-9-8-10(2)22(19-9)17-18-12(4)11(3)15(24)21(17)14(13(5)23)16(25)20(6)7/h8,14H,1-7H3/t14-/m1/s1. The Bertz CT molecular complexity index is 908. The number of ketones is 1. The van der Waals surface area contributed by atoms with Gasteiger partial charge in [-0.25, -0.2) is 9.67 Å². The number of aryl methyl sites for hydroxylation is 3. The Kier molecular flexibility index (Phi) is 4.92. The van der Waals surface area contributed by atoms with Crippen LogP contribution in [0.25, 0.3) is 5.95 Å². The number of Topliss-reactive ketones (excluding diaryl/α,β-unsaturated/α-hetero) is 1. The second-order valence-corrected chi connectivity index (χ2v) is 6.38. The first-order valence-corrected chi connectivity index (χ1v) is 7.91. The van der Waals surface area contributed by atoms with Crippen LogP contribution in [-0.2, 0) is 9.59 Å². The van der Waals surface area contributed by atoms with Crippen molar-refractivity contribution in [3.8, 4) is 5.95 Å². The van der Waals surface area contributed by atoms with E-state index in [0.717, 1.165) is 16.0 Å². The fourth-order valence-electron chi connectivity index (χ4n) is 2.64. The van der Waals surface area contributed by atoms with E-state index in [1.54, 1.807) is 27.9 Å². The predicted molar refractivity (Wildman–Crippen MR) is 93.0 cm³/mol. The monoisotopic (exact) mass is 345 g/mol. The molecule has 0 bridgehead atoms. The van der Waals surface area contributed by atoms with Crippen LogP contribution in [0.15, 0.2) is 10.9 Å². The number of hydrogen-bond acceptors (Lipinski definition) is 5. The molecule has 0 aromatic carbocycles. The largest absolute Gasteiger partial charge is 0.347 e. The van der Waals surface area contributed by atoms with Gasteiger partial charge in [-0.2, -0.15) is 5.10 Å². The lowest BCUT2D eigenvalue weighted by molar-refractivity contribution is -0.137. The third-order valence-electron chi connectivity index (χ3n) is 4.08. The van der Waals surface area contributed by atoms with Crippen LogP contribution in [0.5, 0.6) is 0 Å². The maximum Gasteiger partial charge on any atom is 0.259 e. The summed E-state index contributed by atoms with van der Waals surface area (Å²) in [6.07, 6.45) is 0. The zero-order valence-corrected chi connectivity index (χ0v) is 15.6. The fourth-order valence-corrected chi connectivity index (χ4v) is 2.64. The molecule has 2 heterocycles. The highest BCUT2D eigenvalue weighted by Crippen LogP contribution is 2.17. The summed E-state index contributed by atoms with van der Waals surface area (Å²) in [4.78, 5) is 43.5. The van der Waals surface area contributed by atoms with Gasteiger partial charge in [-0.05, 0) is 40.7 Å². The van der Waals surface area contributed by atoms with Crippen LogP contribution in [0, 0.1) is 27.7 Å². The van der Waals surface area contributed by atoms with Gasteiger partial charge in [0.15, 0.2) is 11.8 Å². The van der Waals surface area contributed by atoms with Gasteiger partial charge in [0, 0.05) is 31.0 Å². The van der Waals surface area contributed by atoms with Crippen LogP contribution in [0.3, 0.4) is 0 Å². The van der Waals surface area contributed by atoms with Crippen molar-refractivity contribution in [1.82, 2.24) is 24.2 Å². The summed E-state index contributed by atoms with van der Waals surface area (Å²) in [5, 5.41) is 4.36. The van der Waals surface area contributed by atoms with E-state index in [1.165, 1.54) is 16.5 Å². The molecule has 0 aliphatic heterocycles. The minimum absolute atomic E-state index is 0.161. The third-order valence-corrected chi connectivity index (χ3v) is 4.08. The summed E-state index contributed by atoms with van der Waals surface area (Å²) in [5.41, 5.74) is 1.99. The van der Waals surface area contributed by atoms with Crippen LogP contribution in [-0.4, -0.2) is 50.0 Å². The summed E-state index contributed by atoms with van der Waals surface area (Å²) in [6, 6.07) is 0.551. The molecular formula is C17H23N5O3. The van der Waals surface area contributed by atoms with Crippen molar-refractivity contribution in [3.05, 3.63) is 39.1 Å². The minimum Gasteiger partial charge on any atom is -0.347 e. The SMILES string of the molecule is CC(=O)[C@H](C(=O)N(C)C)n1c(-n2nc(C)cc2C)nc(C)c(C)c1=O. The molecular weight excluding hydrogens is 322 g/mol. The molecule has 0 radical (unpaired) electrons. The van der Waals surface area contributed by atoms with Gasteiger partial charge >= 0.3 is 0 Å². The number of likely N-dealkylation sites (N-methyl/N-ethyl adjacent to an activating group) is 1. The molecule has 0 fully saturated rings. The quantitative estimate of drug-likeness (QED) is 0.767. The molecule has 0 spiro atoms. The van der Waals surface area contributed by atoms with Crippen molar-refractivity contribution in [2.75, 3.05) is 14.1 Å². The second-order valence-electron chi connectivity index (χ2n) is 6.38. The summed E-state index contributed by atoms with van der Waals surface area (Å²) in [7, 11) is 3.08. The zero-order valence-electron chi connectivity index (χ0n) is 15.6. The molecule has 0 saturated heterocycles. The van der Waals surface area contributed by atoms with Crippen molar-refractivity contribution in [1.29, 1.82) is 0 Å². The summed E-state index contributed by atoms with van der Waals surface area (Å²) < 4.78 is 2.63. The highest BCUT2D eigenvalue weighted by molar-refractivity contribution is 6.02. The fraction of sp³-hybridized carbons (Fsp3) is 0.471. The molecule has 1 amide bonds. The van der Waals surface area contributed by atoms with E-state index in [1.807, 2.05) is 19.9 Å². The molecule has 0 unspecified atom stereocenters. The first-order chi connectivity index (χ1) is 11.6. The van der Waals surface area contributed by atoms with E-state index >= 15 is 0 Å². The highest BCUT2D eigenvalue weighted by Gasteiger charge is 2.32. The Balaban J connectivity index is 2.90. The average Bonchev–Trinajstić information content (AvgIpc) is 2.85. The van der Waals surface area contributed by atoms with E-state index in [2.05, 4.69) is 10.1 Å². The molecule has 8 nitrogen and oxygen atoms in total. The van der Waals surface area contributed by atoms with Crippen LogP contribution in [0.2, 0.25) is 0 Å². The number of carbonyl (C=O) groups is 2. The van der Waals surface area contributed by atoms with E-state index < -0.39 is 23.3 Å². The first-order valence-electron chi connectivity index (χ1n) is 7.91. The zero-order chi connectivity index (χ0) is 19.0. The number of rotatable bonds is 4. The predicted octanol–water partition coefficient (Wildman–Crippen LogP) is 0.881. The summed E-state index contributed by atoms with van der Waals surface area (Å²) >= 11 is 0. The Labute approximate surface area is 146 Å². The normalized spacial score (nSPS) is 12.1. The second kappa shape index (κ2) is 6.62. The average molecular weight is 345 g/mol. The molecule has 2 rings (SSSR count). The topological polar surface area (TPSA) is 90.1 Å². The van der Waals surface area contributed by atoms with Crippen molar-refractivity contribution in [2.45, 2.75) is 40.7 Å². The van der Waals surface area contributed by atoms with Crippen molar-refractivity contribution < 1.29 is 9.59 Å². The minimum atomic E-state index is -1.28.